The van der Waals surface area contributed by atoms with Crippen LogP contribution in [0.15, 0.2) is 47.4 Å². The maximum absolute atomic E-state index is 12.5. The van der Waals surface area contributed by atoms with E-state index in [2.05, 4.69) is 0 Å². The third kappa shape index (κ3) is 3.66. The molecule has 1 aliphatic heterocycles. The van der Waals surface area contributed by atoms with Crippen molar-refractivity contribution in [3.63, 3.8) is 0 Å². The molecule has 0 bridgehead atoms. The van der Waals surface area contributed by atoms with Gasteiger partial charge in [0.15, 0.2) is 0 Å². The number of amides is 2. The van der Waals surface area contributed by atoms with Crippen LogP contribution in [0.1, 0.15) is 16.7 Å². The fraction of sp³-hybridized carbons (Fsp3) is 0.111. The summed E-state index contributed by atoms with van der Waals surface area (Å²) in [5.41, 5.74) is 2.70. The largest absolute Gasteiger partial charge is 0.293 e. The maximum atomic E-state index is 12.5. The lowest BCUT2D eigenvalue weighted by atomic mass is 10.1. The van der Waals surface area contributed by atoms with E-state index in [0.717, 1.165) is 22.9 Å². The Kier molecular flexibility index (Phi) is 4.99. The average molecular weight is 378 g/mol. The predicted molar refractivity (Wildman–Crippen MR) is 99.2 cm³/mol. The predicted octanol–water partition coefficient (Wildman–Crippen LogP) is 5.54. The van der Waals surface area contributed by atoms with Gasteiger partial charge in [0.1, 0.15) is 0 Å². The van der Waals surface area contributed by atoms with Crippen LogP contribution >= 0.6 is 35.0 Å². The van der Waals surface area contributed by atoms with Crippen LogP contribution in [0.5, 0.6) is 0 Å². The molecule has 24 heavy (non-hydrogen) atoms. The van der Waals surface area contributed by atoms with Crippen molar-refractivity contribution < 1.29 is 9.59 Å². The molecular weight excluding hydrogens is 365 g/mol. The summed E-state index contributed by atoms with van der Waals surface area (Å²) in [5, 5.41) is 0.644. The Bertz CT molecular complexity index is 847. The van der Waals surface area contributed by atoms with Crippen molar-refractivity contribution in [3.05, 3.63) is 74.1 Å². The number of carbonyl (C=O) groups is 2. The second-order valence-corrected chi connectivity index (χ2v) is 7.25. The number of aryl methyl sites for hydroxylation is 1. The Labute approximate surface area is 154 Å². The van der Waals surface area contributed by atoms with Gasteiger partial charge in [-0.2, -0.15) is 0 Å². The summed E-state index contributed by atoms with van der Waals surface area (Å²) in [5.74, 6) is -0.309. The van der Waals surface area contributed by atoms with Crippen LogP contribution in [0, 0.1) is 6.92 Å². The number of nitrogens with zero attached hydrogens (tertiary/aromatic N) is 1. The van der Waals surface area contributed by atoms with Gasteiger partial charge in [0.25, 0.3) is 11.1 Å². The molecule has 2 aromatic rings. The van der Waals surface area contributed by atoms with Crippen LogP contribution in [-0.4, -0.2) is 16.0 Å². The van der Waals surface area contributed by atoms with Gasteiger partial charge < -0.3 is 0 Å². The smallest absolute Gasteiger partial charge is 0.268 e. The van der Waals surface area contributed by atoms with Crippen molar-refractivity contribution >= 4 is 52.2 Å². The van der Waals surface area contributed by atoms with Crippen molar-refractivity contribution in [2.75, 3.05) is 0 Å². The molecule has 0 N–H and O–H groups in total. The van der Waals surface area contributed by atoms with E-state index in [1.165, 1.54) is 4.90 Å². The molecule has 6 heteroatoms. The standard InChI is InChI=1S/C18H13Cl2NO2S/c1-11-2-4-12(5-3-11)8-16-17(22)21(18(23)24-16)10-13-6-7-14(19)9-15(13)20/h2-9H,10H2,1H3/b16-8+. The molecule has 2 amide bonds. The van der Waals surface area contributed by atoms with Gasteiger partial charge in [0, 0.05) is 10.0 Å². The number of benzene rings is 2. The molecule has 0 atom stereocenters. The van der Waals surface area contributed by atoms with E-state index in [0.29, 0.717) is 20.5 Å². The highest BCUT2D eigenvalue weighted by Gasteiger charge is 2.35. The number of thioether (sulfide) groups is 1. The van der Waals surface area contributed by atoms with Gasteiger partial charge in [-0.15, -0.1) is 0 Å². The fourth-order valence-electron chi connectivity index (χ4n) is 2.27. The minimum absolute atomic E-state index is 0.131. The summed E-state index contributed by atoms with van der Waals surface area (Å²) < 4.78 is 0. The van der Waals surface area contributed by atoms with Gasteiger partial charge in [-0.3, -0.25) is 14.5 Å². The lowest BCUT2D eigenvalue weighted by Gasteiger charge is -2.13. The zero-order valence-corrected chi connectivity index (χ0v) is 15.1. The molecular formula is C18H13Cl2NO2S. The minimum Gasteiger partial charge on any atom is -0.268 e. The number of rotatable bonds is 3. The van der Waals surface area contributed by atoms with Gasteiger partial charge in [-0.25, -0.2) is 0 Å². The third-order valence-electron chi connectivity index (χ3n) is 3.59. The first-order valence-corrected chi connectivity index (χ1v) is 8.77. The molecule has 3 rings (SSSR count). The Balaban J connectivity index is 1.82. The first-order chi connectivity index (χ1) is 11.4. The van der Waals surface area contributed by atoms with Crippen molar-refractivity contribution in [2.45, 2.75) is 13.5 Å². The summed E-state index contributed by atoms with van der Waals surface area (Å²) in [6.07, 6.45) is 1.73. The third-order valence-corrected chi connectivity index (χ3v) is 5.09. The Morgan fingerprint density at radius 1 is 1.08 bits per heavy atom. The zero-order chi connectivity index (χ0) is 17.3. The van der Waals surface area contributed by atoms with Gasteiger partial charge in [0.2, 0.25) is 0 Å². The molecule has 0 unspecified atom stereocenters. The summed E-state index contributed by atoms with van der Waals surface area (Å²) >= 11 is 12.9. The molecule has 0 saturated carbocycles. The molecule has 122 valence electrons. The van der Waals surface area contributed by atoms with E-state index in [4.69, 9.17) is 23.2 Å². The number of carbonyl (C=O) groups excluding carboxylic acids is 2. The van der Waals surface area contributed by atoms with Crippen LogP contribution in [0.2, 0.25) is 10.0 Å². The Morgan fingerprint density at radius 2 is 1.79 bits per heavy atom. The molecule has 1 aliphatic rings. The molecule has 0 spiro atoms. The first kappa shape index (κ1) is 17.1. The number of hydrogen-bond donors (Lipinski definition) is 0. The lowest BCUT2D eigenvalue weighted by Crippen LogP contribution is -2.27. The second kappa shape index (κ2) is 7.01. The van der Waals surface area contributed by atoms with E-state index in [1.54, 1.807) is 24.3 Å². The molecule has 1 heterocycles. The number of hydrogen-bond acceptors (Lipinski definition) is 3. The van der Waals surface area contributed by atoms with E-state index >= 15 is 0 Å². The van der Waals surface area contributed by atoms with Crippen LogP contribution in [0.4, 0.5) is 4.79 Å². The molecule has 2 aromatic carbocycles. The lowest BCUT2D eigenvalue weighted by molar-refractivity contribution is -0.123. The quantitative estimate of drug-likeness (QED) is 0.659. The van der Waals surface area contributed by atoms with Gasteiger partial charge in [-0.1, -0.05) is 59.1 Å². The topological polar surface area (TPSA) is 37.4 Å². The summed E-state index contributed by atoms with van der Waals surface area (Å²) in [7, 11) is 0. The molecule has 0 aromatic heterocycles. The zero-order valence-electron chi connectivity index (χ0n) is 12.8. The summed E-state index contributed by atoms with van der Waals surface area (Å²) in [4.78, 5) is 26.3. The van der Waals surface area contributed by atoms with E-state index < -0.39 is 0 Å². The van der Waals surface area contributed by atoms with Gasteiger partial charge >= 0.3 is 0 Å². The van der Waals surface area contributed by atoms with Crippen LogP contribution < -0.4 is 0 Å². The number of imide groups is 1. The monoisotopic (exact) mass is 377 g/mol. The van der Waals surface area contributed by atoms with E-state index in [9.17, 15) is 9.59 Å². The highest BCUT2D eigenvalue weighted by molar-refractivity contribution is 8.18. The average Bonchev–Trinajstić information content (AvgIpc) is 2.79. The molecule has 0 radical (unpaired) electrons. The SMILES string of the molecule is Cc1ccc(/C=C2/SC(=O)N(Cc3ccc(Cl)cc3Cl)C2=O)cc1. The summed E-state index contributed by atoms with van der Waals surface area (Å²) in [6.45, 7) is 2.12. The van der Waals surface area contributed by atoms with Crippen LogP contribution in [0.3, 0.4) is 0 Å². The first-order valence-electron chi connectivity index (χ1n) is 7.20. The highest BCUT2D eigenvalue weighted by Crippen LogP contribution is 2.34. The van der Waals surface area contributed by atoms with Crippen molar-refractivity contribution in [3.8, 4) is 0 Å². The molecule has 0 aliphatic carbocycles. The maximum Gasteiger partial charge on any atom is 0.293 e. The van der Waals surface area contributed by atoms with Crippen molar-refractivity contribution in [1.82, 2.24) is 4.90 Å². The summed E-state index contributed by atoms with van der Waals surface area (Å²) in [6, 6.07) is 12.8. The van der Waals surface area contributed by atoms with Gasteiger partial charge in [0.05, 0.1) is 11.4 Å². The molecule has 3 nitrogen and oxygen atoms in total. The number of halogens is 2. The van der Waals surface area contributed by atoms with Crippen molar-refractivity contribution in [2.24, 2.45) is 0 Å². The highest BCUT2D eigenvalue weighted by atomic mass is 35.5. The van der Waals surface area contributed by atoms with Crippen LogP contribution in [0.25, 0.3) is 6.08 Å². The Hall–Kier alpha value is -1.75. The fourth-order valence-corrected chi connectivity index (χ4v) is 3.58. The second-order valence-electron chi connectivity index (χ2n) is 5.41. The normalized spacial score (nSPS) is 16.3. The van der Waals surface area contributed by atoms with Crippen molar-refractivity contribution in [1.29, 1.82) is 0 Å². The van der Waals surface area contributed by atoms with Gasteiger partial charge in [-0.05, 0) is 48.0 Å². The molecule has 1 fully saturated rings. The van der Waals surface area contributed by atoms with E-state index in [-0.39, 0.29) is 17.7 Å². The van der Waals surface area contributed by atoms with Crippen LogP contribution in [-0.2, 0) is 11.3 Å². The Morgan fingerprint density at radius 3 is 2.46 bits per heavy atom. The minimum atomic E-state index is -0.309. The molecule has 1 saturated heterocycles. The van der Waals surface area contributed by atoms with E-state index in [1.807, 2.05) is 31.2 Å².